The molecular formula is C10H10F3NO3. The minimum Gasteiger partial charge on any atom is -0.462 e. The number of hydrogen-bond donors (Lipinski definition) is 1. The van der Waals surface area contributed by atoms with E-state index in [1.807, 2.05) is 0 Å². The zero-order valence-corrected chi connectivity index (χ0v) is 8.88. The fraction of sp³-hybridized carbons (Fsp3) is 0.300. The predicted octanol–water partition coefficient (Wildman–Crippen LogP) is 2.19. The number of halogens is 3. The molecule has 4 nitrogen and oxygen atoms in total. The number of carbonyl (C=O) groups excluding carboxylic acids is 1. The summed E-state index contributed by atoms with van der Waals surface area (Å²) in [5.41, 5.74) is 4.34. The number of carbonyl (C=O) groups is 1. The number of benzene rings is 1. The summed E-state index contributed by atoms with van der Waals surface area (Å²) in [6, 6.07) is 1.90. The molecule has 0 saturated heterocycles. The van der Waals surface area contributed by atoms with Crippen molar-refractivity contribution in [3.8, 4) is 5.75 Å². The van der Waals surface area contributed by atoms with Gasteiger partial charge in [-0.25, -0.2) is 9.18 Å². The van der Waals surface area contributed by atoms with Gasteiger partial charge in [-0.15, -0.1) is 0 Å². The van der Waals surface area contributed by atoms with Crippen molar-refractivity contribution in [3.63, 3.8) is 0 Å². The SMILES string of the molecule is CCOC(=O)c1c(F)ccc(N)c1OC(F)F. The molecule has 0 aliphatic carbocycles. The minimum atomic E-state index is -3.22. The van der Waals surface area contributed by atoms with Gasteiger partial charge in [0.15, 0.2) is 5.75 Å². The van der Waals surface area contributed by atoms with Gasteiger partial charge in [0, 0.05) is 0 Å². The smallest absolute Gasteiger partial charge is 0.387 e. The molecule has 0 aromatic heterocycles. The molecule has 0 spiro atoms. The van der Waals surface area contributed by atoms with Crippen molar-refractivity contribution in [1.29, 1.82) is 0 Å². The van der Waals surface area contributed by atoms with Crippen molar-refractivity contribution in [1.82, 2.24) is 0 Å². The average molecular weight is 249 g/mol. The van der Waals surface area contributed by atoms with E-state index in [0.29, 0.717) is 0 Å². The Hall–Kier alpha value is -1.92. The second-order valence-electron chi connectivity index (χ2n) is 2.94. The monoisotopic (exact) mass is 249 g/mol. The lowest BCUT2D eigenvalue weighted by Crippen LogP contribution is -2.14. The number of rotatable bonds is 4. The molecule has 0 radical (unpaired) electrons. The standard InChI is InChI=1S/C10H10F3NO3/c1-2-16-9(15)7-5(11)3-4-6(14)8(7)17-10(12)13/h3-4,10H,2,14H2,1H3. The maximum absolute atomic E-state index is 13.4. The average Bonchev–Trinajstić information content (AvgIpc) is 2.23. The highest BCUT2D eigenvalue weighted by Gasteiger charge is 2.24. The summed E-state index contributed by atoms with van der Waals surface area (Å²) in [7, 11) is 0. The van der Waals surface area contributed by atoms with Crippen LogP contribution in [0.15, 0.2) is 12.1 Å². The summed E-state index contributed by atoms with van der Waals surface area (Å²) in [4.78, 5) is 11.4. The van der Waals surface area contributed by atoms with Crippen molar-refractivity contribution >= 4 is 11.7 Å². The highest BCUT2D eigenvalue weighted by atomic mass is 19.3. The van der Waals surface area contributed by atoms with Crippen LogP contribution < -0.4 is 10.5 Å². The van der Waals surface area contributed by atoms with Gasteiger partial charge in [0.2, 0.25) is 0 Å². The van der Waals surface area contributed by atoms with Gasteiger partial charge in [-0.3, -0.25) is 0 Å². The normalized spacial score (nSPS) is 10.4. The van der Waals surface area contributed by atoms with Gasteiger partial charge in [-0.1, -0.05) is 0 Å². The van der Waals surface area contributed by atoms with Crippen LogP contribution in [0.4, 0.5) is 18.9 Å². The van der Waals surface area contributed by atoms with E-state index in [4.69, 9.17) is 5.73 Å². The number of hydrogen-bond acceptors (Lipinski definition) is 4. The summed E-state index contributed by atoms with van der Waals surface area (Å²) in [6.07, 6.45) is 0. The summed E-state index contributed by atoms with van der Waals surface area (Å²) < 4.78 is 46.1. The van der Waals surface area contributed by atoms with E-state index in [1.54, 1.807) is 0 Å². The lowest BCUT2D eigenvalue weighted by molar-refractivity contribution is -0.0501. The first-order chi connectivity index (χ1) is 7.97. The zero-order chi connectivity index (χ0) is 13.0. The molecule has 0 bridgehead atoms. The summed E-state index contributed by atoms with van der Waals surface area (Å²) in [6.45, 7) is -1.75. The Labute approximate surface area is 95.1 Å². The van der Waals surface area contributed by atoms with Crippen molar-refractivity contribution in [2.24, 2.45) is 0 Å². The van der Waals surface area contributed by atoms with Crippen LogP contribution in [-0.2, 0) is 4.74 Å². The van der Waals surface area contributed by atoms with E-state index in [9.17, 15) is 18.0 Å². The van der Waals surface area contributed by atoms with Crippen LogP contribution in [-0.4, -0.2) is 19.2 Å². The highest BCUT2D eigenvalue weighted by Crippen LogP contribution is 2.30. The third-order valence-corrected chi connectivity index (χ3v) is 1.82. The third kappa shape index (κ3) is 3.02. The summed E-state index contributed by atoms with van der Waals surface area (Å²) in [5, 5.41) is 0. The lowest BCUT2D eigenvalue weighted by Gasteiger charge is -2.12. The molecule has 1 aromatic rings. The Morgan fingerprint density at radius 3 is 2.65 bits per heavy atom. The van der Waals surface area contributed by atoms with Crippen molar-refractivity contribution in [2.45, 2.75) is 13.5 Å². The molecule has 1 aromatic carbocycles. The second kappa shape index (κ2) is 5.42. The molecule has 0 aliphatic heterocycles. The molecule has 94 valence electrons. The van der Waals surface area contributed by atoms with Crippen LogP contribution in [0.5, 0.6) is 5.75 Å². The number of anilines is 1. The van der Waals surface area contributed by atoms with Crippen molar-refractivity contribution < 1.29 is 27.4 Å². The van der Waals surface area contributed by atoms with E-state index in [2.05, 4.69) is 9.47 Å². The molecule has 17 heavy (non-hydrogen) atoms. The van der Waals surface area contributed by atoms with Crippen LogP contribution in [0.25, 0.3) is 0 Å². The first kappa shape index (κ1) is 13.1. The van der Waals surface area contributed by atoms with Crippen LogP contribution in [0.3, 0.4) is 0 Å². The van der Waals surface area contributed by atoms with E-state index >= 15 is 0 Å². The molecule has 0 atom stereocenters. The molecule has 1 rings (SSSR count). The Morgan fingerprint density at radius 2 is 2.12 bits per heavy atom. The maximum atomic E-state index is 13.4. The quantitative estimate of drug-likeness (QED) is 0.656. The van der Waals surface area contributed by atoms with Crippen LogP contribution in [0.2, 0.25) is 0 Å². The van der Waals surface area contributed by atoms with Gasteiger partial charge < -0.3 is 15.2 Å². The Kier molecular flexibility index (Phi) is 4.19. The predicted molar refractivity (Wildman–Crippen MR) is 53.4 cm³/mol. The number of alkyl halides is 2. The molecule has 0 unspecified atom stereocenters. The van der Waals surface area contributed by atoms with Gasteiger partial charge in [-0.05, 0) is 19.1 Å². The zero-order valence-electron chi connectivity index (χ0n) is 8.88. The molecule has 0 aliphatic rings. The maximum Gasteiger partial charge on any atom is 0.387 e. The van der Waals surface area contributed by atoms with Crippen LogP contribution in [0, 0.1) is 5.82 Å². The number of esters is 1. The fourth-order valence-electron chi connectivity index (χ4n) is 1.18. The number of ether oxygens (including phenoxy) is 2. The molecule has 0 fully saturated rings. The van der Waals surface area contributed by atoms with Crippen molar-refractivity contribution in [3.05, 3.63) is 23.5 Å². The van der Waals surface area contributed by atoms with E-state index in [0.717, 1.165) is 12.1 Å². The van der Waals surface area contributed by atoms with Crippen LogP contribution in [0.1, 0.15) is 17.3 Å². The van der Waals surface area contributed by atoms with Gasteiger partial charge in [0.1, 0.15) is 11.4 Å². The summed E-state index contributed by atoms with van der Waals surface area (Å²) >= 11 is 0. The molecule has 2 N–H and O–H groups in total. The molecule has 0 amide bonds. The van der Waals surface area contributed by atoms with E-state index < -0.39 is 29.7 Å². The summed E-state index contributed by atoms with van der Waals surface area (Å²) in [5.74, 6) is -2.85. The molecule has 0 heterocycles. The topological polar surface area (TPSA) is 61.5 Å². The second-order valence-corrected chi connectivity index (χ2v) is 2.94. The first-order valence-corrected chi connectivity index (χ1v) is 4.67. The molecule has 0 saturated carbocycles. The lowest BCUT2D eigenvalue weighted by atomic mass is 10.1. The van der Waals surface area contributed by atoms with Gasteiger partial charge in [0.25, 0.3) is 0 Å². The van der Waals surface area contributed by atoms with Gasteiger partial charge >= 0.3 is 12.6 Å². The number of nitrogens with two attached hydrogens (primary N) is 1. The number of nitrogen functional groups attached to an aromatic ring is 1. The third-order valence-electron chi connectivity index (χ3n) is 1.82. The minimum absolute atomic E-state index is 0.0266. The van der Waals surface area contributed by atoms with Crippen LogP contribution >= 0.6 is 0 Å². The Bertz CT molecular complexity index is 424. The van der Waals surface area contributed by atoms with E-state index in [1.165, 1.54) is 6.92 Å². The largest absolute Gasteiger partial charge is 0.462 e. The first-order valence-electron chi connectivity index (χ1n) is 4.67. The highest BCUT2D eigenvalue weighted by molar-refractivity contribution is 5.95. The van der Waals surface area contributed by atoms with E-state index in [-0.39, 0.29) is 12.3 Å². The Balaban J connectivity index is 3.24. The van der Waals surface area contributed by atoms with Gasteiger partial charge in [0.05, 0.1) is 12.3 Å². The fourth-order valence-corrected chi connectivity index (χ4v) is 1.18. The van der Waals surface area contributed by atoms with Gasteiger partial charge in [-0.2, -0.15) is 8.78 Å². The van der Waals surface area contributed by atoms with Crippen molar-refractivity contribution in [2.75, 3.05) is 12.3 Å². The molecular weight excluding hydrogens is 239 g/mol. The molecule has 7 heteroatoms. The Morgan fingerprint density at radius 1 is 1.47 bits per heavy atom.